The number of carboxylic acid groups (broad SMARTS) is 1. The highest BCUT2D eigenvalue weighted by Gasteiger charge is 2.45. The molecule has 0 radical (unpaired) electrons. The van der Waals surface area contributed by atoms with Crippen LogP contribution in [-0.2, 0) is 15.9 Å². The third-order valence-electron chi connectivity index (χ3n) is 6.17. The Morgan fingerprint density at radius 2 is 1.82 bits per heavy atom. The van der Waals surface area contributed by atoms with Crippen LogP contribution in [0.1, 0.15) is 41.7 Å². The first-order valence-electron chi connectivity index (χ1n) is 10.5. The minimum atomic E-state index is -4.79. The summed E-state index contributed by atoms with van der Waals surface area (Å²) in [6.45, 7) is 1.12. The van der Waals surface area contributed by atoms with Crippen molar-refractivity contribution < 1.29 is 32.1 Å². The number of aromatic nitrogens is 2. The summed E-state index contributed by atoms with van der Waals surface area (Å²) in [5.41, 5.74) is -1.15. The average Bonchev–Trinajstić information content (AvgIpc) is 3.51. The van der Waals surface area contributed by atoms with Crippen LogP contribution in [0.5, 0.6) is 0 Å². The molecule has 2 heterocycles. The average molecular weight is 497 g/mol. The number of carbonyl (C=O) groups excluding carboxylic acids is 1. The lowest BCUT2D eigenvalue weighted by Crippen LogP contribution is -2.37. The van der Waals surface area contributed by atoms with Gasteiger partial charge in [0.25, 0.3) is 5.91 Å². The van der Waals surface area contributed by atoms with E-state index >= 15 is 0 Å². The summed E-state index contributed by atoms with van der Waals surface area (Å²) in [6.07, 6.45) is -1.25. The Morgan fingerprint density at radius 1 is 1.15 bits per heavy atom. The molecule has 1 aromatic heterocycles. The number of benzene rings is 1. The monoisotopic (exact) mass is 497 g/mol. The van der Waals surface area contributed by atoms with Crippen molar-refractivity contribution in [1.29, 1.82) is 0 Å². The van der Waals surface area contributed by atoms with Gasteiger partial charge in [0.05, 0.1) is 15.3 Å². The van der Waals surface area contributed by atoms with E-state index in [4.69, 9.17) is 5.11 Å². The van der Waals surface area contributed by atoms with Gasteiger partial charge in [0.15, 0.2) is 11.5 Å². The second-order valence-corrected chi connectivity index (χ2v) is 10.9. The van der Waals surface area contributed by atoms with E-state index < -0.39 is 33.6 Å². The third kappa shape index (κ3) is 5.13. The van der Waals surface area contributed by atoms with Gasteiger partial charge in [-0.15, -0.1) is 14.6 Å². The van der Waals surface area contributed by atoms with Crippen molar-refractivity contribution >= 4 is 33.2 Å². The van der Waals surface area contributed by atoms with E-state index in [-0.39, 0.29) is 22.0 Å². The van der Waals surface area contributed by atoms with Gasteiger partial charge in [-0.3, -0.25) is 4.79 Å². The molecule has 1 aromatic carbocycles. The van der Waals surface area contributed by atoms with Gasteiger partial charge in [-0.05, 0) is 55.4 Å². The molecule has 2 fully saturated rings. The normalized spacial score (nSPS) is 18.8. The molecule has 13 heteroatoms. The highest BCUT2D eigenvalue weighted by molar-refractivity contribution is 7.93. The molecule has 34 heavy (non-hydrogen) atoms. The number of piperidine rings is 1. The zero-order chi connectivity index (χ0) is 24.7. The van der Waals surface area contributed by atoms with Crippen LogP contribution in [0, 0.1) is 5.41 Å². The first kappa shape index (κ1) is 23.9. The van der Waals surface area contributed by atoms with E-state index in [1.807, 2.05) is 0 Å². The largest absolute Gasteiger partial charge is 0.463 e. The van der Waals surface area contributed by atoms with Gasteiger partial charge >= 0.3 is 12.3 Å². The molecule has 2 aliphatic rings. The van der Waals surface area contributed by atoms with Gasteiger partial charge in [-0.25, -0.2) is 9.00 Å². The fourth-order valence-corrected chi connectivity index (χ4v) is 5.08. The van der Waals surface area contributed by atoms with Crippen molar-refractivity contribution in [2.24, 2.45) is 9.78 Å². The molecular formula is C21H22F3N5O4S. The highest BCUT2D eigenvalue weighted by Crippen LogP contribution is 2.54. The Hall–Kier alpha value is -3.22. The molecule has 9 nitrogen and oxygen atoms in total. The number of hydrogen-bond donors (Lipinski definition) is 2. The Morgan fingerprint density at radius 3 is 2.41 bits per heavy atom. The lowest BCUT2D eigenvalue weighted by atomic mass is 9.93. The number of amides is 2. The SMILES string of the molecule is CS(=O)(=NC(=O)O)c1cccc(NC(=O)c2cc(C(F)(F)F)nnc2N2CCC3(CC2)CC3)c1. The number of rotatable bonds is 4. The van der Waals surface area contributed by atoms with Crippen LogP contribution in [0.25, 0.3) is 0 Å². The number of nitrogens with one attached hydrogen (secondary N) is 1. The molecule has 1 unspecified atom stereocenters. The summed E-state index contributed by atoms with van der Waals surface area (Å²) in [4.78, 5) is 25.7. The van der Waals surface area contributed by atoms with Crippen molar-refractivity contribution in [3.8, 4) is 0 Å². The quantitative estimate of drug-likeness (QED) is 0.647. The smallest absolute Gasteiger partial charge is 0.439 e. The van der Waals surface area contributed by atoms with Gasteiger partial charge < -0.3 is 15.3 Å². The number of carbonyl (C=O) groups is 2. The minimum absolute atomic E-state index is 0.0440. The Bertz CT molecular complexity index is 1260. The van der Waals surface area contributed by atoms with E-state index in [1.165, 1.54) is 24.3 Å². The summed E-state index contributed by atoms with van der Waals surface area (Å²) in [5.74, 6) is -0.783. The third-order valence-corrected chi connectivity index (χ3v) is 7.80. The Kier molecular flexibility index (Phi) is 6.00. The fraction of sp³-hybridized carbons (Fsp3) is 0.429. The highest BCUT2D eigenvalue weighted by atomic mass is 32.2. The predicted molar refractivity (Wildman–Crippen MR) is 117 cm³/mol. The van der Waals surface area contributed by atoms with Gasteiger partial charge in [0, 0.05) is 29.9 Å². The molecule has 1 spiro atoms. The molecule has 1 atom stereocenters. The summed E-state index contributed by atoms with van der Waals surface area (Å²) in [5, 5.41) is 18.4. The van der Waals surface area contributed by atoms with Crippen LogP contribution in [-0.4, -0.2) is 50.9 Å². The predicted octanol–water partition coefficient (Wildman–Crippen LogP) is 4.26. The summed E-state index contributed by atoms with van der Waals surface area (Å²) >= 11 is 0. The lowest BCUT2D eigenvalue weighted by Gasteiger charge is -2.33. The number of anilines is 2. The Labute approximate surface area is 193 Å². The van der Waals surface area contributed by atoms with Gasteiger partial charge in [-0.1, -0.05) is 6.07 Å². The zero-order valence-electron chi connectivity index (χ0n) is 18.1. The molecule has 2 aromatic rings. The molecule has 2 N–H and O–H groups in total. The maximum Gasteiger partial charge on any atom is 0.439 e. The molecule has 4 rings (SSSR count). The molecule has 1 aliphatic heterocycles. The first-order chi connectivity index (χ1) is 15.9. The first-order valence-corrected chi connectivity index (χ1v) is 12.4. The maximum atomic E-state index is 13.3. The minimum Gasteiger partial charge on any atom is -0.463 e. The number of alkyl halides is 3. The number of hydrogen-bond acceptors (Lipinski definition) is 6. The number of halogens is 3. The zero-order valence-corrected chi connectivity index (χ0v) is 18.9. The lowest BCUT2D eigenvalue weighted by molar-refractivity contribution is -0.141. The van der Waals surface area contributed by atoms with Gasteiger partial charge in [0.2, 0.25) is 0 Å². The molecule has 1 saturated heterocycles. The molecule has 182 valence electrons. The molecule has 1 saturated carbocycles. The van der Waals surface area contributed by atoms with E-state index in [1.54, 1.807) is 4.90 Å². The van der Waals surface area contributed by atoms with E-state index in [0.29, 0.717) is 24.6 Å². The van der Waals surface area contributed by atoms with Crippen LogP contribution in [0.15, 0.2) is 39.6 Å². The summed E-state index contributed by atoms with van der Waals surface area (Å²) < 4.78 is 55.6. The standard InChI is InChI=1S/C21H22F3N5O4S/c1-34(33,28-19(31)32)14-4-2-3-13(11-14)25-18(30)15-12-16(21(22,23)24)26-27-17(15)29-9-7-20(5-6-20)8-10-29/h2-4,11-12H,5-10H2,1H3,(H,25,30)(H,31,32). The molecule has 1 aliphatic carbocycles. The van der Waals surface area contributed by atoms with Crippen LogP contribution in [0.2, 0.25) is 0 Å². The van der Waals surface area contributed by atoms with E-state index in [2.05, 4.69) is 19.9 Å². The van der Waals surface area contributed by atoms with Crippen LogP contribution >= 0.6 is 0 Å². The van der Waals surface area contributed by atoms with Crippen LogP contribution in [0.4, 0.5) is 29.5 Å². The van der Waals surface area contributed by atoms with Crippen molar-refractivity contribution in [3.05, 3.63) is 41.6 Å². The fourth-order valence-electron chi connectivity index (χ4n) is 4.00. The van der Waals surface area contributed by atoms with E-state index in [0.717, 1.165) is 31.9 Å². The molecule has 2 amide bonds. The van der Waals surface area contributed by atoms with Crippen molar-refractivity contribution in [2.45, 2.75) is 36.8 Å². The number of nitrogens with zero attached hydrogens (tertiary/aromatic N) is 4. The van der Waals surface area contributed by atoms with Crippen LogP contribution in [0.3, 0.4) is 0 Å². The summed E-state index contributed by atoms with van der Waals surface area (Å²) in [7, 11) is -3.29. The van der Waals surface area contributed by atoms with Crippen molar-refractivity contribution in [3.63, 3.8) is 0 Å². The van der Waals surface area contributed by atoms with E-state index in [9.17, 15) is 27.0 Å². The van der Waals surface area contributed by atoms with Gasteiger partial charge in [-0.2, -0.15) is 13.2 Å². The van der Waals surface area contributed by atoms with Crippen molar-refractivity contribution in [2.75, 3.05) is 29.6 Å². The molecule has 0 bridgehead atoms. The topological polar surface area (TPSA) is 125 Å². The Balaban J connectivity index is 1.65. The second kappa shape index (κ2) is 8.53. The second-order valence-electron chi connectivity index (χ2n) is 8.61. The van der Waals surface area contributed by atoms with Gasteiger partial charge in [0.1, 0.15) is 0 Å². The molecular weight excluding hydrogens is 475 g/mol. The van der Waals surface area contributed by atoms with Crippen LogP contribution < -0.4 is 10.2 Å². The van der Waals surface area contributed by atoms with Crippen molar-refractivity contribution in [1.82, 2.24) is 10.2 Å². The summed E-state index contributed by atoms with van der Waals surface area (Å²) in [6, 6.07) is 6.19. The maximum absolute atomic E-state index is 13.3.